The second-order valence-corrected chi connectivity index (χ2v) is 8.39. The molecule has 2 aliphatic rings. The minimum absolute atomic E-state index is 0.826. The first kappa shape index (κ1) is 16.7. The first-order valence-corrected chi connectivity index (χ1v) is 13.2. The molecule has 0 bridgehead atoms. The Balaban J connectivity index is 0.000000497. The van der Waals surface area contributed by atoms with Crippen LogP contribution < -0.4 is 0 Å². The van der Waals surface area contributed by atoms with Gasteiger partial charge in [-0.1, -0.05) is 73.7 Å². The van der Waals surface area contributed by atoms with Gasteiger partial charge in [-0.2, -0.15) is 0 Å². The van der Waals surface area contributed by atoms with E-state index in [1.807, 2.05) is 0 Å². The molecule has 0 atom stereocenters. The van der Waals surface area contributed by atoms with Gasteiger partial charge in [0.2, 0.25) is 0 Å². The van der Waals surface area contributed by atoms with Crippen molar-refractivity contribution < 1.29 is 20.8 Å². The van der Waals surface area contributed by atoms with Crippen LogP contribution in [0, 0.1) is 0 Å². The Morgan fingerprint density at radius 1 is 0.762 bits per heavy atom. The van der Waals surface area contributed by atoms with Gasteiger partial charge in [-0.15, -0.1) is 0 Å². The van der Waals surface area contributed by atoms with Crippen molar-refractivity contribution in [1.29, 1.82) is 0 Å². The molecule has 0 spiro atoms. The van der Waals surface area contributed by atoms with Gasteiger partial charge in [0.05, 0.1) is 0 Å². The molecule has 0 fully saturated rings. The van der Waals surface area contributed by atoms with Gasteiger partial charge in [0.15, 0.2) is 0 Å². The molecule has 0 amide bonds. The zero-order chi connectivity index (χ0) is 15.1. The van der Waals surface area contributed by atoms with Crippen molar-refractivity contribution in [2.75, 3.05) is 0 Å². The number of aryl methyl sites for hydroxylation is 1. The number of rotatable bonds is 2. The van der Waals surface area contributed by atoms with E-state index in [0.29, 0.717) is 0 Å². The molecule has 1 aromatic carbocycles. The number of benzene rings is 1. The quantitative estimate of drug-likeness (QED) is 0.472. The summed E-state index contributed by atoms with van der Waals surface area (Å²) in [6.45, 7) is 2.20. The predicted octanol–water partition coefficient (Wildman–Crippen LogP) is 6.40. The van der Waals surface area contributed by atoms with Crippen molar-refractivity contribution in [3.05, 3.63) is 72.3 Å². The molecular formula is C18H16Cl2Zr. The zero-order valence-corrected chi connectivity index (χ0v) is 15.8. The van der Waals surface area contributed by atoms with Gasteiger partial charge in [0, 0.05) is 0 Å². The molecule has 0 N–H and O–H groups in total. The van der Waals surface area contributed by atoms with E-state index in [0.717, 1.165) is 6.42 Å². The molecule has 0 heterocycles. The van der Waals surface area contributed by atoms with Crippen molar-refractivity contribution in [1.82, 2.24) is 0 Å². The average molecular weight is 394 g/mol. The maximum atomic E-state index is 4.93. The van der Waals surface area contributed by atoms with Crippen molar-refractivity contribution >= 4 is 17.0 Å². The summed E-state index contributed by atoms with van der Waals surface area (Å²) in [5.74, 6) is 0. The summed E-state index contributed by atoms with van der Waals surface area (Å²) < 4.78 is 0. The van der Waals surface area contributed by atoms with E-state index in [2.05, 4.69) is 73.7 Å². The van der Waals surface area contributed by atoms with Crippen molar-refractivity contribution in [3.63, 3.8) is 0 Å². The van der Waals surface area contributed by atoms with Crippen molar-refractivity contribution in [2.45, 2.75) is 13.3 Å². The molecule has 21 heavy (non-hydrogen) atoms. The van der Waals surface area contributed by atoms with Crippen LogP contribution in [0.25, 0.3) is 22.3 Å². The molecule has 0 unspecified atom stereocenters. The zero-order valence-electron chi connectivity index (χ0n) is 11.8. The average Bonchev–Trinajstić information content (AvgIpc) is 2.82. The van der Waals surface area contributed by atoms with E-state index in [1.165, 1.54) is 27.8 Å². The second-order valence-electron chi connectivity index (χ2n) is 4.66. The normalized spacial score (nSPS) is 9.86. The van der Waals surface area contributed by atoms with Crippen LogP contribution in [0.4, 0.5) is 0 Å². The summed E-state index contributed by atoms with van der Waals surface area (Å²) in [6, 6.07) is 23.8. The molecule has 0 aromatic heterocycles. The number of fused-ring (bicyclic) bond motifs is 1. The Hall–Kier alpha value is -0.617. The van der Waals surface area contributed by atoms with Crippen LogP contribution in [0.1, 0.15) is 12.5 Å². The van der Waals surface area contributed by atoms with Crippen LogP contribution in [0.15, 0.2) is 66.7 Å². The van der Waals surface area contributed by atoms with Gasteiger partial charge in [-0.3, -0.25) is 0 Å². The van der Waals surface area contributed by atoms with Gasteiger partial charge in [-0.05, 0) is 34.2 Å². The van der Waals surface area contributed by atoms with E-state index in [-0.39, 0.29) is 0 Å². The third-order valence-corrected chi connectivity index (χ3v) is 3.41. The first-order valence-electron chi connectivity index (χ1n) is 6.83. The second kappa shape index (κ2) is 8.74. The van der Waals surface area contributed by atoms with Crippen LogP contribution in [0.3, 0.4) is 0 Å². The summed E-state index contributed by atoms with van der Waals surface area (Å²) in [7, 11) is 9.87. The molecule has 3 heteroatoms. The van der Waals surface area contributed by atoms with Gasteiger partial charge in [0.25, 0.3) is 0 Å². The van der Waals surface area contributed by atoms with E-state index in [9.17, 15) is 0 Å². The third-order valence-electron chi connectivity index (χ3n) is 3.41. The van der Waals surface area contributed by atoms with Crippen LogP contribution in [0.2, 0.25) is 0 Å². The van der Waals surface area contributed by atoms with Crippen LogP contribution in [-0.4, -0.2) is 0 Å². The monoisotopic (exact) mass is 392 g/mol. The molecule has 1 aromatic rings. The Bertz CT molecular complexity index is 653. The predicted molar refractivity (Wildman–Crippen MR) is 89.6 cm³/mol. The molecule has 0 nitrogen and oxygen atoms in total. The standard InChI is InChI=1S/C18H16.2ClH.Zr/c1-2-14-12-16-10-6-7-11-17(18(16)13-14)15-8-4-3-5-9-15;;;/h3-13H,2H2,1H3;2*1H;/q;;;+2/p-2. The molecule has 0 saturated heterocycles. The Morgan fingerprint density at radius 3 is 2.00 bits per heavy atom. The Morgan fingerprint density at radius 2 is 1.33 bits per heavy atom. The van der Waals surface area contributed by atoms with Crippen LogP contribution in [0.5, 0.6) is 0 Å². The fourth-order valence-electron chi connectivity index (χ4n) is 2.43. The fraction of sp³-hybridized carbons (Fsp3) is 0.111. The van der Waals surface area contributed by atoms with Gasteiger partial charge >= 0.3 is 37.9 Å². The molecule has 0 aliphatic heterocycles. The molecule has 106 valence electrons. The maximum absolute atomic E-state index is 4.93. The summed E-state index contributed by atoms with van der Waals surface area (Å²) in [6.07, 6.45) is 1.09. The number of hydrogen-bond acceptors (Lipinski definition) is 0. The van der Waals surface area contributed by atoms with Gasteiger partial charge in [-0.25, -0.2) is 0 Å². The van der Waals surface area contributed by atoms with E-state index in [4.69, 9.17) is 17.0 Å². The molecule has 0 saturated carbocycles. The Kier molecular flexibility index (Phi) is 6.97. The minimum atomic E-state index is -0.826. The van der Waals surface area contributed by atoms with Crippen molar-refractivity contribution in [2.24, 2.45) is 0 Å². The fourth-order valence-corrected chi connectivity index (χ4v) is 2.43. The third kappa shape index (κ3) is 4.42. The topological polar surface area (TPSA) is 0 Å². The SMILES string of the molecule is CCc1cc2ccccc(-c3ccccc3)c-2c1.[Cl][Zr][Cl]. The molecule has 2 aliphatic carbocycles. The number of halogens is 2. The summed E-state index contributed by atoms with van der Waals surface area (Å²) >= 11 is -0.826. The van der Waals surface area contributed by atoms with Crippen LogP contribution in [-0.2, 0) is 27.3 Å². The van der Waals surface area contributed by atoms with Crippen LogP contribution >= 0.6 is 17.0 Å². The molecule has 0 radical (unpaired) electrons. The summed E-state index contributed by atoms with van der Waals surface area (Å²) in [5, 5.41) is 0. The van der Waals surface area contributed by atoms with Gasteiger partial charge in [0.1, 0.15) is 0 Å². The van der Waals surface area contributed by atoms with Crippen molar-refractivity contribution in [3.8, 4) is 22.3 Å². The molecule has 3 rings (SSSR count). The van der Waals surface area contributed by atoms with Gasteiger partial charge < -0.3 is 0 Å². The molecular weight excluding hydrogens is 378 g/mol. The Labute approximate surface area is 145 Å². The first-order chi connectivity index (χ1) is 10.3. The van der Waals surface area contributed by atoms with E-state index in [1.54, 1.807) is 0 Å². The summed E-state index contributed by atoms with van der Waals surface area (Å²) in [4.78, 5) is 0. The van der Waals surface area contributed by atoms with E-state index >= 15 is 0 Å². The summed E-state index contributed by atoms with van der Waals surface area (Å²) in [5.41, 5.74) is 6.69. The number of hydrogen-bond donors (Lipinski definition) is 0. The van der Waals surface area contributed by atoms with E-state index < -0.39 is 20.8 Å².